The molecule has 7 nitrogen and oxygen atoms in total. The van der Waals surface area contributed by atoms with Crippen LogP contribution in [-0.2, 0) is 4.74 Å². The van der Waals surface area contributed by atoms with Crippen LogP contribution in [0.4, 0.5) is 11.6 Å². The Hall–Kier alpha value is -2.68. The topological polar surface area (TPSA) is 80.7 Å². The van der Waals surface area contributed by atoms with Gasteiger partial charge in [-0.2, -0.15) is 0 Å². The molecular formula is C27H31N5O2S. The fraction of sp³-hybridized carbons (Fsp3) is 0.444. The van der Waals surface area contributed by atoms with Crippen LogP contribution < -0.4 is 15.4 Å². The Balaban J connectivity index is 1.28. The highest BCUT2D eigenvalue weighted by atomic mass is 32.2. The van der Waals surface area contributed by atoms with E-state index in [4.69, 9.17) is 19.5 Å². The van der Waals surface area contributed by atoms with Gasteiger partial charge in [-0.1, -0.05) is 12.1 Å². The zero-order valence-corrected chi connectivity index (χ0v) is 20.7. The minimum atomic E-state index is 0.215. The quantitative estimate of drug-likeness (QED) is 0.510. The van der Waals surface area contributed by atoms with E-state index >= 15 is 0 Å². The monoisotopic (exact) mass is 489 g/mol. The third-order valence-corrected chi connectivity index (χ3v) is 7.92. The lowest BCUT2D eigenvalue weighted by Crippen LogP contribution is -2.34. The normalized spacial score (nSPS) is 19.6. The molecule has 0 saturated carbocycles. The van der Waals surface area contributed by atoms with Crippen molar-refractivity contribution in [3.05, 3.63) is 53.7 Å². The summed E-state index contributed by atoms with van der Waals surface area (Å²) in [7, 11) is 0. The van der Waals surface area contributed by atoms with Gasteiger partial charge in [-0.15, -0.1) is 11.8 Å². The number of rotatable bonds is 6. The van der Waals surface area contributed by atoms with E-state index in [0.29, 0.717) is 11.9 Å². The van der Waals surface area contributed by atoms with Crippen molar-refractivity contribution < 1.29 is 9.47 Å². The predicted molar refractivity (Wildman–Crippen MR) is 142 cm³/mol. The number of fused-ring (bicyclic) bond motifs is 1. The minimum absolute atomic E-state index is 0.215. The summed E-state index contributed by atoms with van der Waals surface area (Å²) >= 11 is 1.79. The van der Waals surface area contributed by atoms with Crippen LogP contribution in [0, 0.1) is 0 Å². The first-order chi connectivity index (χ1) is 17.3. The summed E-state index contributed by atoms with van der Waals surface area (Å²) in [6.45, 7) is 4.52. The lowest BCUT2D eigenvalue weighted by atomic mass is 9.91. The Morgan fingerprint density at radius 1 is 1.06 bits per heavy atom. The number of aliphatic imine (C=N–C) groups is 1. The molecule has 6 rings (SSSR count). The second-order valence-corrected chi connectivity index (χ2v) is 10.4. The number of benzene rings is 2. The SMILES string of the molecule is c1cc(Nc2ncc3cc(C4=NCCS4)c(OC4CCNCC4)cc3n2)cc(C2CCOCC2)c1. The van der Waals surface area contributed by atoms with Gasteiger partial charge < -0.3 is 20.1 Å². The molecule has 2 fully saturated rings. The molecule has 0 bridgehead atoms. The number of anilines is 2. The highest BCUT2D eigenvalue weighted by Gasteiger charge is 2.21. The number of aromatic nitrogens is 2. The van der Waals surface area contributed by atoms with E-state index < -0.39 is 0 Å². The van der Waals surface area contributed by atoms with E-state index in [0.717, 1.165) is 97.2 Å². The number of nitrogens with one attached hydrogen (secondary N) is 2. The molecule has 0 atom stereocenters. The second-order valence-electron chi connectivity index (χ2n) is 9.34. The molecule has 0 radical (unpaired) electrons. The predicted octanol–water partition coefficient (Wildman–Crippen LogP) is 4.89. The van der Waals surface area contributed by atoms with Crippen molar-refractivity contribution >= 4 is 39.3 Å². The summed E-state index contributed by atoms with van der Waals surface area (Å²) in [5, 5.41) is 8.88. The molecule has 1 aromatic heterocycles. The van der Waals surface area contributed by atoms with E-state index in [-0.39, 0.29) is 6.10 Å². The Labute approximate surface area is 210 Å². The van der Waals surface area contributed by atoms with Gasteiger partial charge in [-0.3, -0.25) is 4.99 Å². The Morgan fingerprint density at radius 3 is 2.77 bits per heavy atom. The minimum Gasteiger partial charge on any atom is -0.490 e. The van der Waals surface area contributed by atoms with Crippen LogP contribution in [0.1, 0.15) is 42.7 Å². The first-order valence-corrected chi connectivity index (χ1v) is 13.6. The second kappa shape index (κ2) is 10.5. The van der Waals surface area contributed by atoms with E-state index in [1.807, 2.05) is 6.20 Å². The average molecular weight is 490 g/mol. The first kappa shape index (κ1) is 22.8. The van der Waals surface area contributed by atoms with Crippen LogP contribution in [0.5, 0.6) is 5.75 Å². The molecular weight excluding hydrogens is 458 g/mol. The molecule has 0 unspecified atom stereocenters. The van der Waals surface area contributed by atoms with Crippen LogP contribution in [0.15, 0.2) is 47.6 Å². The number of ether oxygens (including phenoxy) is 2. The smallest absolute Gasteiger partial charge is 0.227 e. The van der Waals surface area contributed by atoms with E-state index in [1.165, 1.54) is 5.56 Å². The van der Waals surface area contributed by atoms with Gasteiger partial charge in [0.15, 0.2) is 0 Å². The molecule has 4 heterocycles. The molecule has 0 amide bonds. The zero-order valence-electron chi connectivity index (χ0n) is 19.8. The van der Waals surface area contributed by atoms with Crippen LogP contribution in [0.3, 0.4) is 0 Å². The molecule has 3 aliphatic rings. The van der Waals surface area contributed by atoms with Gasteiger partial charge in [-0.05, 0) is 68.5 Å². The van der Waals surface area contributed by atoms with E-state index in [9.17, 15) is 0 Å². The fourth-order valence-corrected chi connectivity index (χ4v) is 5.88. The van der Waals surface area contributed by atoms with Gasteiger partial charge in [0.05, 0.1) is 5.52 Å². The molecule has 2 aromatic carbocycles. The van der Waals surface area contributed by atoms with Crippen molar-refractivity contribution in [3.63, 3.8) is 0 Å². The number of piperidine rings is 1. The van der Waals surface area contributed by atoms with Crippen LogP contribution in [0.2, 0.25) is 0 Å². The summed E-state index contributed by atoms with van der Waals surface area (Å²) in [6, 6.07) is 12.8. The largest absolute Gasteiger partial charge is 0.490 e. The molecule has 0 aliphatic carbocycles. The van der Waals surface area contributed by atoms with Gasteiger partial charge in [-0.25, -0.2) is 9.97 Å². The Kier molecular flexibility index (Phi) is 6.84. The fourth-order valence-electron chi connectivity index (χ4n) is 5.01. The van der Waals surface area contributed by atoms with E-state index in [1.54, 1.807) is 11.8 Å². The van der Waals surface area contributed by atoms with Crippen LogP contribution in [0.25, 0.3) is 10.9 Å². The van der Waals surface area contributed by atoms with E-state index in [2.05, 4.69) is 52.0 Å². The molecule has 2 N–H and O–H groups in total. The highest BCUT2D eigenvalue weighted by molar-refractivity contribution is 8.14. The van der Waals surface area contributed by atoms with Crippen molar-refractivity contribution in [1.29, 1.82) is 0 Å². The molecule has 2 saturated heterocycles. The molecule has 0 spiro atoms. The third-order valence-electron chi connectivity index (χ3n) is 6.91. The Morgan fingerprint density at radius 2 is 1.94 bits per heavy atom. The Bertz CT molecular complexity index is 1220. The van der Waals surface area contributed by atoms with Crippen molar-refractivity contribution in [2.24, 2.45) is 4.99 Å². The van der Waals surface area contributed by atoms with Crippen molar-refractivity contribution in [3.8, 4) is 5.75 Å². The van der Waals surface area contributed by atoms with Gasteiger partial charge in [0.2, 0.25) is 5.95 Å². The summed E-state index contributed by atoms with van der Waals surface area (Å²) < 4.78 is 12.1. The van der Waals surface area contributed by atoms with Crippen molar-refractivity contribution in [1.82, 2.24) is 15.3 Å². The lowest BCUT2D eigenvalue weighted by Gasteiger charge is -2.25. The average Bonchev–Trinajstić information content (AvgIpc) is 3.45. The van der Waals surface area contributed by atoms with Gasteiger partial charge >= 0.3 is 0 Å². The number of nitrogens with zero attached hydrogens (tertiary/aromatic N) is 3. The number of thioether (sulfide) groups is 1. The highest BCUT2D eigenvalue weighted by Crippen LogP contribution is 2.33. The lowest BCUT2D eigenvalue weighted by molar-refractivity contribution is 0.0853. The van der Waals surface area contributed by atoms with Gasteiger partial charge in [0.25, 0.3) is 0 Å². The summed E-state index contributed by atoms with van der Waals surface area (Å²) in [5.41, 5.74) is 4.29. The van der Waals surface area contributed by atoms with Crippen molar-refractivity contribution in [2.45, 2.75) is 37.7 Å². The van der Waals surface area contributed by atoms with Crippen molar-refractivity contribution in [2.75, 3.05) is 43.9 Å². The summed E-state index contributed by atoms with van der Waals surface area (Å²) in [4.78, 5) is 14.2. The first-order valence-electron chi connectivity index (χ1n) is 12.6. The molecule has 182 valence electrons. The maximum Gasteiger partial charge on any atom is 0.227 e. The van der Waals surface area contributed by atoms with Crippen LogP contribution >= 0.6 is 11.8 Å². The maximum absolute atomic E-state index is 6.52. The molecule has 35 heavy (non-hydrogen) atoms. The molecule has 8 heteroatoms. The van der Waals surface area contributed by atoms with Gasteiger partial charge in [0.1, 0.15) is 16.9 Å². The number of hydrogen-bond donors (Lipinski definition) is 2. The standard InChI is InChI=1S/C27H31N5O2S/c1-2-19(18-6-11-33-12-7-18)14-21(3-1)31-27-30-17-20-15-23(26-29-10-13-35-26)25(16-24(20)32-27)34-22-4-8-28-9-5-22/h1-3,14-18,22,28H,4-13H2,(H,30,31,32). The molecule has 3 aliphatic heterocycles. The molecule has 3 aromatic rings. The number of hydrogen-bond acceptors (Lipinski definition) is 8. The van der Waals surface area contributed by atoms with Gasteiger partial charge in [0, 0.05) is 54.4 Å². The zero-order chi connectivity index (χ0) is 23.5. The van der Waals surface area contributed by atoms with Crippen LogP contribution in [-0.4, -0.2) is 59.7 Å². The third kappa shape index (κ3) is 5.29. The summed E-state index contributed by atoms with van der Waals surface area (Å²) in [5.74, 6) is 3.04. The maximum atomic E-state index is 6.52. The summed E-state index contributed by atoms with van der Waals surface area (Å²) in [6.07, 6.45) is 6.27.